The summed E-state index contributed by atoms with van der Waals surface area (Å²) in [4.78, 5) is 16.7. The number of carbonyl (C=O) groups is 1. The van der Waals surface area contributed by atoms with Crippen LogP contribution in [0.3, 0.4) is 0 Å². The smallest absolute Gasteiger partial charge is 0.271 e. The Bertz CT molecular complexity index is 646. The van der Waals surface area contributed by atoms with Crippen LogP contribution in [0, 0.1) is 5.92 Å². The maximum atomic E-state index is 12.4. The number of aromatic nitrogens is 1. The summed E-state index contributed by atoms with van der Waals surface area (Å²) in [6.07, 6.45) is 0.691. The molecule has 3 N–H and O–H groups in total. The van der Waals surface area contributed by atoms with Gasteiger partial charge in [-0.2, -0.15) is 0 Å². The van der Waals surface area contributed by atoms with Crippen molar-refractivity contribution in [2.45, 2.75) is 26.3 Å². The number of thiazole rings is 1. The van der Waals surface area contributed by atoms with E-state index in [0.717, 1.165) is 10.6 Å². The van der Waals surface area contributed by atoms with E-state index in [0.29, 0.717) is 23.7 Å². The highest BCUT2D eigenvalue weighted by atomic mass is 35.5. The fraction of sp³-hybridized carbons (Fsp3) is 0.375. The minimum Gasteiger partial charge on any atom is -0.344 e. The van der Waals surface area contributed by atoms with Gasteiger partial charge in [-0.25, -0.2) is 4.98 Å². The van der Waals surface area contributed by atoms with E-state index in [1.54, 1.807) is 5.38 Å². The van der Waals surface area contributed by atoms with Crippen LogP contribution in [0.5, 0.6) is 0 Å². The molecule has 0 saturated heterocycles. The molecule has 7 heteroatoms. The van der Waals surface area contributed by atoms with E-state index in [1.165, 1.54) is 11.3 Å². The quantitative estimate of drug-likeness (QED) is 0.807. The van der Waals surface area contributed by atoms with Crippen LogP contribution in [0.4, 0.5) is 0 Å². The second-order valence-electron chi connectivity index (χ2n) is 5.38. The largest absolute Gasteiger partial charge is 0.344 e. The number of carbonyl (C=O) groups excluding carboxylic acids is 1. The molecule has 1 unspecified atom stereocenters. The minimum atomic E-state index is -0.182. The molecule has 4 nitrogen and oxygen atoms in total. The van der Waals surface area contributed by atoms with Crippen LogP contribution in [0.1, 0.15) is 40.9 Å². The summed E-state index contributed by atoms with van der Waals surface area (Å²) in [5, 5.41) is 6.34. The predicted octanol–water partition coefficient (Wildman–Crippen LogP) is 3.85. The van der Waals surface area contributed by atoms with Gasteiger partial charge in [-0.05, 0) is 24.1 Å². The van der Waals surface area contributed by atoms with Crippen molar-refractivity contribution in [1.29, 1.82) is 0 Å². The van der Waals surface area contributed by atoms with Crippen molar-refractivity contribution in [2.24, 2.45) is 11.7 Å². The van der Waals surface area contributed by atoms with Crippen LogP contribution in [0.25, 0.3) is 0 Å². The molecular formula is C16H21Cl2N3OS. The first-order chi connectivity index (χ1) is 10.5. The minimum absolute atomic E-state index is 0. The van der Waals surface area contributed by atoms with Gasteiger partial charge in [-0.3, -0.25) is 4.79 Å². The molecule has 2 rings (SSSR count). The molecule has 23 heavy (non-hydrogen) atoms. The third kappa shape index (κ3) is 5.18. The van der Waals surface area contributed by atoms with E-state index in [-0.39, 0.29) is 30.3 Å². The maximum absolute atomic E-state index is 12.4. The fourth-order valence-electron chi connectivity index (χ4n) is 2.20. The zero-order chi connectivity index (χ0) is 16.1. The van der Waals surface area contributed by atoms with Crippen LogP contribution >= 0.6 is 35.3 Å². The Morgan fingerprint density at radius 1 is 1.39 bits per heavy atom. The van der Waals surface area contributed by atoms with E-state index < -0.39 is 0 Å². The Balaban J connectivity index is 0.00000264. The number of rotatable bonds is 6. The van der Waals surface area contributed by atoms with E-state index >= 15 is 0 Å². The van der Waals surface area contributed by atoms with Crippen LogP contribution < -0.4 is 11.1 Å². The van der Waals surface area contributed by atoms with Crippen LogP contribution in [0.15, 0.2) is 29.6 Å². The molecule has 1 amide bonds. The molecule has 1 atom stereocenters. The van der Waals surface area contributed by atoms with E-state index in [2.05, 4.69) is 24.1 Å². The van der Waals surface area contributed by atoms with Crippen LogP contribution in [-0.4, -0.2) is 17.4 Å². The number of nitrogens with one attached hydrogen (secondary N) is 1. The molecule has 1 aromatic carbocycles. The highest BCUT2D eigenvalue weighted by Gasteiger charge is 2.22. The fourth-order valence-corrected chi connectivity index (χ4v) is 3.25. The predicted molar refractivity (Wildman–Crippen MR) is 98.6 cm³/mol. The van der Waals surface area contributed by atoms with Gasteiger partial charge in [-0.1, -0.05) is 43.6 Å². The molecule has 0 aliphatic heterocycles. The Labute approximate surface area is 151 Å². The first kappa shape index (κ1) is 19.9. The second kappa shape index (κ2) is 9.23. The summed E-state index contributed by atoms with van der Waals surface area (Å²) in [7, 11) is 0. The van der Waals surface area contributed by atoms with Crippen molar-refractivity contribution in [1.82, 2.24) is 10.3 Å². The number of benzene rings is 1. The number of hydrogen-bond donors (Lipinski definition) is 2. The highest BCUT2D eigenvalue weighted by molar-refractivity contribution is 7.09. The van der Waals surface area contributed by atoms with Gasteiger partial charge in [0.25, 0.3) is 5.91 Å². The molecule has 1 heterocycles. The maximum Gasteiger partial charge on any atom is 0.271 e. The molecule has 0 saturated carbocycles. The van der Waals surface area contributed by atoms with Crippen LogP contribution in [-0.2, 0) is 6.42 Å². The second-order valence-corrected chi connectivity index (χ2v) is 6.73. The topological polar surface area (TPSA) is 68.0 Å². The average molecular weight is 374 g/mol. The van der Waals surface area contributed by atoms with Crippen molar-refractivity contribution in [3.63, 3.8) is 0 Å². The molecular weight excluding hydrogens is 353 g/mol. The molecule has 0 bridgehead atoms. The Morgan fingerprint density at radius 3 is 2.70 bits per heavy atom. The van der Waals surface area contributed by atoms with Gasteiger partial charge in [0, 0.05) is 16.8 Å². The van der Waals surface area contributed by atoms with Crippen molar-refractivity contribution in [3.05, 3.63) is 50.9 Å². The lowest BCUT2D eigenvalue weighted by Gasteiger charge is -2.23. The number of halogens is 2. The molecule has 0 spiro atoms. The third-order valence-electron chi connectivity index (χ3n) is 3.34. The van der Waals surface area contributed by atoms with Gasteiger partial charge in [-0.15, -0.1) is 23.7 Å². The summed E-state index contributed by atoms with van der Waals surface area (Å²) in [5.74, 6) is 0.0316. The number of hydrogen-bond acceptors (Lipinski definition) is 4. The number of amides is 1. The average Bonchev–Trinajstić information content (AvgIpc) is 2.94. The summed E-state index contributed by atoms with van der Waals surface area (Å²) >= 11 is 7.72. The van der Waals surface area contributed by atoms with Gasteiger partial charge in [0.2, 0.25) is 0 Å². The first-order valence-corrected chi connectivity index (χ1v) is 8.48. The van der Waals surface area contributed by atoms with E-state index in [4.69, 9.17) is 17.3 Å². The van der Waals surface area contributed by atoms with Gasteiger partial charge < -0.3 is 11.1 Å². The number of nitrogens with two attached hydrogens (primary N) is 1. The van der Waals surface area contributed by atoms with E-state index in [1.807, 2.05) is 24.3 Å². The first-order valence-electron chi connectivity index (χ1n) is 7.22. The molecule has 1 aromatic heterocycles. The van der Waals surface area contributed by atoms with Gasteiger partial charge in [0.1, 0.15) is 5.69 Å². The lowest BCUT2D eigenvalue weighted by molar-refractivity contribution is 0.0921. The summed E-state index contributed by atoms with van der Waals surface area (Å²) in [6.45, 7) is 4.63. The normalized spacial score (nSPS) is 11.9. The number of nitrogens with zero attached hydrogens (tertiary/aromatic N) is 1. The monoisotopic (exact) mass is 373 g/mol. The van der Waals surface area contributed by atoms with Gasteiger partial charge in [0.15, 0.2) is 0 Å². The van der Waals surface area contributed by atoms with E-state index in [9.17, 15) is 4.79 Å². The highest BCUT2D eigenvalue weighted by Crippen LogP contribution is 2.28. The molecule has 2 aromatic rings. The molecule has 0 aliphatic rings. The Hall–Kier alpha value is -1.14. The molecule has 126 valence electrons. The zero-order valence-corrected chi connectivity index (χ0v) is 15.5. The third-order valence-corrected chi connectivity index (χ3v) is 4.59. The van der Waals surface area contributed by atoms with Crippen molar-refractivity contribution in [2.75, 3.05) is 6.54 Å². The molecule has 0 radical (unpaired) electrons. The van der Waals surface area contributed by atoms with Crippen molar-refractivity contribution >= 4 is 41.3 Å². The SMILES string of the molecule is CC(C)C(NC(=O)c1csc(CCN)n1)c1ccccc1Cl.Cl. The standard InChI is InChI=1S/C16H20ClN3OS.ClH/c1-10(2)15(11-5-3-4-6-12(11)17)20-16(21)13-9-22-14(19-13)7-8-18;/h3-6,9-10,15H,7-8,18H2,1-2H3,(H,20,21);1H. The lowest BCUT2D eigenvalue weighted by Crippen LogP contribution is -2.32. The summed E-state index contributed by atoms with van der Waals surface area (Å²) < 4.78 is 0. The Kier molecular flexibility index (Phi) is 7.99. The lowest BCUT2D eigenvalue weighted by atomic mass is 9.96. The summed E-state index contributed by atoms with van der Waals surface area (Å²) in [6, 6.07) is 7.42. The van der Waals surface area contributed by atoms with Crippen LogP contribution in [0.2, 0.25) is 5.02 Å². The van der Waals surface area contributed by atoms with Gasteiger partial charge in [0.05, 0.1) is 11.0 Å². The molecule has 0 aliphatic carbocycles. The van der Waals surface area contributed by atoms with Gasteiger partial charge >= 0.3 is 0 Å². The Morgan fingerprint density at radius 2 is 2.09 bits per heavy atom. The zero-order valence-electron chi connectivity index (χ0n) is 13.1. The van der Waals surface area contributed by atoms with Crippen molar-refractivity contribution in [3.8, 4) is 0 Å². The van der Waals surface area contributed by atoms with Crippen molar-refractivity contribution < 1.29 is 4.79 Å². The molecule has 0 fully saturated rings. The summed E-state index contributed by atoms with van der Waals surface area (Å²) in [5.41, 5.74) is 6.87.